The quantitative estimate of drug-likeness (QED) is 0.723. The molecule has 21 heavy (non-hydrogen) atoms. The summed E-state index contributed by atoms with van der Waals surface area (Å²) in [5.74, 6) is -0.910. The number of aliphatic carboxylic acids is 1. The minimum Gasteiger partial charge on any atom is -0.481 e. The van der Waals surface area contributed by atoms with Gasteiger partial charge in [-0.25, -0.2) is 4.79 Å². The molecule has 0 bridgehead atoms. The predicted molar refractivity (Wildman–Crippen MR) is 83.7 cm³/mol. The summed E-state index contributed by atoms with van der Waals surface area (Å²) in [7, 11) is 0. The summed E-state index contributed by atoms with van der Waals surface area (Å²) >= 11 is 0. The molecule has 5 nitrogen and oxygen atoms in total. The van der Waals surface area contributed by atoms with E-state index in [1.807, 2.05) is 31.2 Å². The predicted octanol–water partition coefficient (Wildman–Crippen LogP) is 3.18. The van der Waals surface area contributed by atoms with Crippen molar-refractivity contribution in [2.75, 3.05) is 18.0 Å². The molecule has 116 valence electrons. The minimum atomic E-state index is -0.910. The maximum Gasteiger partial charge on any atom is 0.321 e. The lowest BCUT2D eigenvalue weighted by Gasteiger charge is -2.24. The van der Waals surface area contributed by atoms with Gasteiger partial charge in [0.15, 0.2) is 0 Å². The summed E-state index contributed by atoms with van der Waals surface area (Å²) in [6.07, 6.45) is 3.02. The van der Waals surface area contributed by atoms with E-state index in [2.05, 4.69) is 12.2 Å². The first-order valence-electron chi connectivity index (χ1n) is 7.39. The standard InChI is InChI=1S/C16H24N2O3/c1-3-4-7-11-17-16(21)18(12-10-15(19)20)14-9-6-5-8-13(14)2/h5-6,8-9H,3-4,7,10-12H2,1-2H3,(H,17,21)(H,19,20). The Morgan fingerprint density at radius 3 is 2.57 bits per heavy atom. The molecule has 1 rings (SSSR count). The van der Waals surface area contributed by atoms with Gasteiger partial charge in [0.2, 0.25) is 0 Å². The second-order valence-electron chi connectivity index (χ2n) is 5.02. The third-order valence-electron chi connectivity index (χ3n) is 3.26. The van der Waals surface area contributed by atoms with Crippen molar-refractivity contribution < 1.29 is 14.7 Å². The highest BCUT2D eigenvalue weighted by atomic mass is 16.4. The molecule has 2 N–H and O–H groups in total. The number of hydrogen-bond donors (Lipinski definition) is 2. The van der Waals surface area contributed by atoms with Crippen LogP contribution in [0.5, 0.6) is 0 Å². The lowest BCUT2D eigenvalue weighted by Crippen LogP contribution is -2.42. The lowest BCUT2D eigenvalue weighted by atomic mass is 10.2. The third-order valence-corrected chi connectivity index (χ3v) is 3.26. The maximum atomic E-state index is 12.3. The normalized spacial score (nSPS) is 10.2. The van der Waals surface area contributed by atoms with Gasteiger partial charge in [-0.3, -0.25) is 9.69 Å². The molecule has 1 aromatic carbocycles. The van der Waals surface area contributed by atoms with E-state index in [1.165, 1.54) is 4.90 Å². The molecule has 0 aromatic heterocycles. The van der Waals surface area contributed by atoms with Crippen molar-refractivity contribution in [3.63, 3.8) is 0 Å². The summed E-state index contributed by atoms with van der Waals surface area (Å²) in [6, 6.07) is 7.26. The fourth-order valence-electron chi connectivity index (χ4n) is 2.07. The Labute approximate surface area is 126 Å². The minimum absolute atomic E-state index is 0.0727. The van der Waals surface area contributed by atoms with Crippen molar-refractivity contribution in [3.8, 4) is 0 Å². The van der Waals surface area contributed by atoms with E-state index in [9.17, 15) is 9.59 Å². The number of carbonyl (C=O) groups is 2. The Hall–Kier alpha value is -2.04. The number of carboxylic acid groups (broad SMARTS) is 1. The smallest absolute Gasteiger partial charge is 0.321 e. The zero-order chi connectivity index (χ0) is 15.7. The maximum absolute atomic E-state index is 12.3. The third kappa shape index (κ3) is 5.85. The molecule has 0 radical (unpaired) electrons. The number of unbranched alkanes of at least 4 members (excludes halogenated alkanes) is 2. The zero-order valence-corrected chi connectivity index (χ0v) is 12.8. The summed E-state index contributed by atoms with van der Waals surface area (Å²) in [5.41, 5.74) is 1.71. The van der Waals surface area contributed by atoms with Crippen molar-refractivity contribution >= 4 is 17.7 Å². The Morgan fingerprint density at radius 1 is 1.24 bits per heavy atom. The molecule has 2 amide bonds. The van der Waals surface area contributed by atoms with Crippen molar-refractivity contribution in [2.45, 2.75) is 39.5 Å². The van der Waals surface area contributed by atoms with Crippen LogP contribution in [-0.2, 0) is 4.79 Å². The Bertz CT molecular complexity index is 474. The number of urea groups is 1. The van der Waals surface area contributed by atoms with E-state index in [1.54, 1.807) is 0 Å². The van der Waals surface area contributed by atoms with E-state index in [0.717, 1.165) is 30.5 Å². The highest BCUT2D eigenvalue weighted by Crippen LogP contribution is 2.19. The molecule has 0 atom stereocenters. The van der Waals surface area contributed by atoms with Gasteiger partial charge < -0.3 is 10.4 Å². The number of carbonyl (C=O) groups excluding carboxylic acids is 1. The van der Waals surface area contributed by atoms with Gasteiger partial charge >= 0.3 is 12.0 Å². The van der Waals surface area contributed by atoms with E-state index in [4.69, 9.17) is 5.11 Å². The Morgan fingerprint density at radius 2 is 1.95 bits per heavy atom. The molecule has 0 aliphatic carbocycles. The topological polar surface area (TPSA) is 69.6 Å². The number of aryl methyl sites for hydroxylation is 1. The van der Waals surface area contributed by atoms with Crippen LogP contribution in [0.3, 0.4) is 0 Å². The molecule has 0 aliphatic heterocycles. The molecule has 0 spiro atoms. The Kier molecular flexibility index (Phi) is 7.29. The largest absolute Gasteiger partial charge is 0.481 e. The van der Waals surface area contributed by atoms with E-state index in [0.29, 0.717) is 6.54 Å². The summed E-state index contributed by atoms with van der Waals surface area (Å²) in [6.45, 7) is 4.80. The zero-order valence-electron chi connectivity index (χ0n) is 12.8. The summed E-state index contributed by atoms with van der Waals surface area (Å²) in [4.78, 5) is 24.6. The van der Waals surface area contributed by atoms with E-state index in [-0.39, 0.29) is 19.0 Å². The van der Waals surface area contributed by atoms with Crippen LogP contribution < -0.4 is 10.2 Å². The molecule has 0 aliphatic rings. The van der Waals surface area contributed by atoms with Crippen LogP contribution in [0.2, 0.25) is 0 Å². The number of benzene rings is 1. The first-order chi connectivity index (χ1) is 10.1. The molecule has 0 fully saturated rings. The number of nitrogens with zero attached hydrogens (tertiary/aromatic N) is 1. The second-order valence-corrected chi connectivity index (χ2v) is 5.02. The Balaban J connectivity index is 2.74. The average Bonchev–Trinajstić information content (AvgIpc) is 2.45. The number of nitrogens with one attached hydrogen (secondary N) is 1. The molecular weight excluding hydrogens is 268 g/mol. The molecule has 0 saturated heterocycles. The van der Waals surface area contributed by atoms with Crippen LogP contribution in [0.4, 0.5) is 10.5 Å². The fraction of sp³-hybridized carbons (Fsp3) is 0.500. The first-order valence-corrected chi connectivity index (χ1v) is 7.39. The number of anilines is 1. The van der Waals surface area contributed by atoms with Crippen molar-refractivity contribution in [1.82, 2.24) is 5.32 Å². The average molecular weight is 292 g/mol. The number of amides is 2. The number of para-hydroxylation sites is 1. The molecule has 5 heteroatoms. The van der Waals surface area contributed by atoms with E-state index >= 15 is 0 Å². The lowest BCUT2D eigenvalue weighted by molar-refractivity contribution is -0.136. The van der Waals surface area contributed by atoms with Gasteiger partial charge in [0.25, 0.3) is 0 Å². The highest BCUT2D eigenvalue weighted by molar-refractivity contribution is 5.93. The SMILES string of the molecule is CCCCCNC(=O)N(CCC(=O)O)c1ccccc1C. The van der Waals surface area contributed by atoms with Crippen LogP contribution in [0.1, 0.15) is 38.2 Å². The van der Waals surface area contributed by atoms with Crippen LogP contribution in [0, 0.1) is 6.92 Å². The van der Waals surface area contributed by atoms with Crippen molar-refractivity contribution in [3.05, 3.63) is 29.8 Å². The van der Waals surface area contributed by atoms with E-state index < -0.39 is 5.97 Å². The molecule has 1 aromatic rings. The van der Waals surface area contributed by atoms with Crippen molar-refractivity contribution in [1.29, 1.82) is 0 Å². The number of carboxylic acids is 1. The van der Waals surface area contributed by atoms with Gasteiger partial charge in [0.1, 0.15) is 0 Å². The van der Waals surface area contributed by atoms with Gasteiger partial charge in [-0.05, 0) is 25.0 Å². The van der Waals surface area contributed by atoms with Gasteiger partial charge in [-0.15, -0.1) is 0 Å². The molecular formula is C16H24N2O3. The van der Waals surface area contributed by atoms with Crippen LogP contribution in [-0.4, -0.2) is 30.2 Å². The van der Waals surface area contributed by atoms with Crippen LogP contribution >= 0.6 is 0 Å². The van der Waals surface area contributed by atoms with Crippen LogP contribution in [0.25, 0.3) is 0 Å². The van der Waals surface area contributed by atoms with Gasteiger partial charge in [0.05, 0.1) is 6.42 Å². The van der Waals surface area contributed by atoms with Gasteiger partial charge in [0, 0.05) is 18.8 Å². The first kappa shape index (κ1) is 17.0. The number of rotatable bonds is 8. The van der Waals surface area contributed by atoms with Gasteiger partial charge in [-0.2, -0.15) is 0 Å². The summed E-state index contributed by atoms with van der Waals surface area (Å²) in [5, 5.41) is 11.7. The van der Waals surface area contributed by atoms with Gasteiger partial charge in [-0.1, -0.05) is 38.0 Å². The van der Waals surface area contributed by atoms with Crippen molar-refractivity contribution in [2.24, 2.45) is 0 Å². The number of hydrogen-bond acceptors (Lipinski definition) is 2. The fourth-order valence-corrected chi connectivity index (χ4v) is 2.07. The molecule has 0 saturated carbocycles. The monoisotopic (exact) mass is 292 g/mol. The highest BCUT2D eigenvalue weighted by Gasteiger charge is 2.17. The molecule has 0 heterocycles. The second kappa shape index (κ2) is 9.00. The summed E-state index contributed by atoms with van der Waals surface area (Å²) < 4.78 is 0. The molecule has 0 unspecified atom stereocenters. The van der Waals surface area contributed by atoms with Crippen LogP contribution in [0.15, 0.2) is 24.3 Å².